The Hall–Kier alpha value is -3.41. The summed E-state index contributed by atoms with van der Waals surface area (Å²) in [6.45, 7) is 6.56. The van der Waals surface area contributed by atoms with Gasteiger partial charge in [0.25, 0.3) is 0 Å². The van der Waals surface area contributed by atoms with Gasteiger partial charge in [-0.25, -0.2) is 0 Å². The average Bonchev–Trinajstić information content (AvgIpc) is 3.37. The highest BCUT2D eigenvalue weighted by atomic mass is 16.6. The predicted octanol–water partition coefficient (Wildman–Crippen LogP) is 20.3. The summed E-state index contributed by atoms with van der Waals surface area (Å²) in [7, 11) is 0. The molecule has 0 fully saturated rings. The van der Waals surface area contributed by atoms with Crippen molar-refractivity contribution < 1.29 is 28.6 Å². The zero-order valence-corrected chi connectivity index (χ0v) is 46.7. The van der Waals surface area contributed by atoms with E-state index in [1.54, 1.807) is 0 Å². The van der Waals surface area contributed by atoms with Gasteiger partial charge >= 0.3 is 17.9 Å². The lowest BCUT2D eigenvalue weighted by atomic mass is 10.1. The zero-order chi connectivity index (χ0) is 51.4. The van der Waals surface area contributed by atoms with E-state index in [9.17, 15) is 14.4 Å². The summed E-state index contributed by atoms with van der Waals surface area (Å²) in [6, 6.07) is 0. The Balaban J connectivity index is 4.48. The average molecular weight is 990 g/mol. The van der Waals surface area contributed by atoms with Crippen molar-refractivity contribution in [2.45, 2.75) is 297 Å². The fraction of sp³-hybridized carbons (Fsp3) is 0.738. The summed E-state index contributed by atoms with van der Waals surface area (Å²) in [5, 5.41) is 0. The maximum atomic E-state index is 12.9. The highest BCUT2D eigenvalue weighted by molar-refractivity contribution is 5.71. The zero-order valence-electron chi connectivity index (χ0n) is 46.7. The van der Waals surface area contributed by atoms with Crippen LogP contribution in [-0.4, -0.2) is 37.2 Å². The Labute approximate surface area is 439 Å². The minimum atomic E-state index is -0.811. The third-order valence-corrected chi connectivity index (χ3v) is 12.8. The van der Waals surface area contributed by atoms with E-state index >= 15 is 0 Å². The topological polar surface area (TPSA) is 78.9 Å². The first kappa shape index (κ1) is 67.6. The highest BCUT2D eigenvalue weighted by Crippen LogP contribution is 2.15. The van der Waals surface area contributed by atoms with Gasteiger partial charge in [-0.05, 0) is 116 Å². The van der Waals surface area contributed by atoms with Gasteiger partial charge in [0.2, 0.25) is 0 Å². The molecule has 0 amide bonds. The van der Waals surface area contributed by atoms with Crippen molar-refractivity contribution in [3.63, 3.8) is 0 Å². The van der Waals surface area contributed by atoms with Crippen LogP contribution in [0.1, 0.15) is 290 Å². The number of ether oxygens (including phenoxy) is 3. The molecule has 0 radical (unpaired) electrons. The van der Waals surface area contributed by atoms with E-state index in [0.717, 1.165) is 83.5 Å². The van der Waals surface area contributed by atoms with Crippen LogP contribution in [0.15, 0.2) is 85.1 Å². The van der Waals surface area contributed by atoms with Crippen molar-refractivity contribution in [2.24, 2.45) is 0 Å². The lowest BCUT2D eigenvalue weighted by Gasteiger charge is -2.18. The molecule has 0 rings (SSSR count). The van der Waals surface area contributed by atoms with E-state index in [2.05, 4.69) is 106 Å². The molecule has 408 valence electrons. The number of hydrogen-bond acceptors (Lipinski definition) is 6. The number of carbonyl (C=O) groups excluding carboxylic acids is 3. The lowest BCUT2D eigenvalue weighted by molar-refractivity contribution is -0.167. The molecule has 0 saturated carbocycles. The molecule has 0 aromatic carbocycles. The molecule has 0 aliphatic rings. The first-order valence-electron chi connectivity index (χ1n) is 30.1. The fourth-order valence-electron chi connectivity index (χ4n) is 8.28. The normalized spacial score (nSPS) is 12.7. The van der Waals surface area contributed by atoms with Crippen molar-refractivity contribution >= 4 is 17.9 Å². The second-order valence-electron chi connectivity index (χ2n) is 19.9. The minimum Gasteiger partial charge on any atom is -0.462 e. The Bertz CT molecular complexity index is 1370. The number of allylic oxidation sites excluding steroid dienone is 14. The molecule has 71 heavy (non-hydrogen) atoms. The van der Waals surface area contributed by atoms with Crippen LogP contribution < -0.4 is 0 Å². The van der Waals surface area contributed by atoms with Gasteiger partial charge < -0.3 is 14.2 Å². The standard InChI is InChI=1S/C65H112O6/c1-4-7-10-13-16-19-22-25-28-31-32-35-37-40-43-46-49-52-55-58-64(67)70-61-62(71-65(68)59-56-53-50-47-44-41-38-34-30-27-24-21-18-15-12-9-6-3)60-69-63(66)57-54-51-48-45-42-39-36-33-29-26-23-20-17-14-11-8-5-2/h18,21,25-30,36,38-39,41,45,48,62H,4-17,19-20,22-24,31-35,37,40,42-44,46-47,49-61H2,1-3H3/b21-18-,28-25-,29-26-,30-27-,39-36-,41-38-,48-45-/t62-/m0/s1. The van der Waals surface area contributed by atoms with Gasteiger partial charge in [-0.1, -0.05) is 241 Å². The van der Waals surface area contributed by atoms with Crippen LogP contribution in [0.25, 0.3) is 0 Å². The molecule has 0 heterocycles. The van der Waals surface area contributed by atoms with Gasteiger partial charge in [0, 0.05) is 19.3 Å². The van der Waals surface area contributed by atoms with E-state index in [4.69, 9.17) is 14.2 Å². The first-order chi connectivity index (χ1) is 35.0. The molecule has 0 N–H and O–H groups in total. The molecule has 0 aliphatic carbocycles. The maximum absolute atomic E-state index is 12.9. The third-order valence-electron chi connectivity index (χ3n) is 12.8. The summed E-state index contributed by atoms with van der Waals surface area (Å²) < 4.78 is 16.8. The van der Waals surface area contributed by atoms with Crippen LogP contribution in [0.4, 0.5) is 0 Å². The van der Waals surface area contributed by atoms with Crippen molar-refractivity contribution in [2.75, 3.05) is 13.2 Å². The minimum absolute atomic E-state index is 0.102. The molecular weight excluding hydrogens is 877 g/mol. The number of unbranched alkanes of at least 4 members (excludes halogenated alkanes) is 29. The van der Waals surface area contributed by atoms with Gasteiger partial charge in [0.1, 0.15) is 13.2 Å². The van der Waals surface area contributed by atoms with Crippen molar-refractivity contribution in [3.8, 4) is 0 Å². The summed E-state index contributed by atoms with van der Waals surface area (Å²) in [4.78, 5) is 38.2. The summed E-state index contributed by atoms with van der Waals surface area (Å²) >= 11 is 0. The van der Waals surface area contributed by atoms with Crippen LogP contribution in [0.2, 0.25) is 0 Å². The molecule has 0 unspecified atom stereocenters. The molecule has 0 saturated heterocycles. The second kappa shape index (κ2) is 59.2. The Kier molecular flexibility index (Phi) is 56.3. The smallest absolute Gasteiger partial charge is 0.306 e. The van der Waals surface area contributed by atoms with E-state index < -0.39 is 6.10 Å². The van der Waals surface area contributed by atoms with Crippen molar-refractivity contribution in [3.05, 3.63) is 85.1 Å². The van der Waals surface area contributed by atoms with Crippen LogP contribution in [-0.2, 0) is 28.6 Å². The highest BCUT2D eigenvalue weighted by Gasteiger charge is 2.19. The number of carbonyl (C=O) groups is 3. The molecule has 1 atom stereocenters. The molecule has 0 aromatic rings. The Morgan fingerprint density at radius 3 is 0.887 bits per heavy atom. The first-order valence-corrected chi connectivity index (χ1v) is 30.1. The molecular formula is C65H112O6. The van der Waals surface area contributed by atoms with Crippen molar-refractivity contribution in [1.29, 1.82) is 0 Å². The van der Waals surface area contributed by atoms with Gasteiger partial charge in [-0.15, -0.1) is 0 Å². The van der Waals surface area contributed by atoms with Crippen molar-refractivity contribution in [1.82, 2.24) is 0 Å². The number of rotatable bonds is 54. The SMILES string of the molecule is CCCCC/C=C\C/C=C\C/C=C\CCCCCCC(=O)O[C@@H](COC(=O)CCC/C=C\C/C=C\C/C=C\CCCCCCCC)COC(=O)CCCCCCCCCCC/C=C\CCCCCCCC. The molecule has 6 nitrogen and oxygen atoms in total. The maximum Gasteiger partial charge on any atom is 0.306 e. The van der Waals surface area contributed by atoms with Gasteiger partial charge in [0.05, 0.1) is 0 Å². The number of esters is 3. The van der Waals surface area contributed by atoms with Crippen LogP contribution in [0.3, 0.4) is 0 Å². The third kappa shape index (κ3) is 57.4. The molecule has 0 bridgehead atoms. The van der Waals surface area contributed by atoms with E-state index in [1.165, 1.54) is 161 Å². The molecule has 6 heteroatoms. The monoisotopic (exact) mass is 989 g/mol. The van der Waals surface area contributed by atoms with Crippen LogP contribution >= 0.6 is 0 Å². The van der Waals surface area contributed by atoms with Gasteiger partial charge in [0.15, 0.2) is 6.10 Å². The van der Waals surface area contributed by atoms with E-state index in [1.807, 2.05) is 0 Å². The van der Waals surface area contributed by atoms with Crippen LogP contribution in [0.5, 0.6) is 0 Å². The van der Waals surface area contributed by atoms with E-state index in [-0.39, 0.29) is 37.5 Å². The largest absolute Gasteiger partial charge is 0.462 e. The molecule has 0 spiro atoms. The fourth-order valence-corrected chi connectivity index (χ4v) is 8.28. The number of hydrogen-bond donors (Lipinski definition) is 0. The second-order valence-corrected chi connectivity index (χ2v) is 19.9. The molecule has 0 aromatic heterocycles. The summed E-state index contributed by atoms with van der Waals surface area (Å²) in [5.74, 6) is -0.973. The molecule has 0 aliphatic heterocycles. The summed E-state index contributed by atoms with van der Waals surface area (Å²) in [6.07, 6.45) is 77.2. The van der Waals surface area contributed by atoms with Gasteiger partial charge in [-0.2, -0.15) is 0 Å². The van der Waals surface area contributed by atoms with E-state index in [0.29, 0.717) is 19.3 Å². The Morgan fingerprint density at radius 1 is 0.282 bits per heavy atom. The van der Waals surface area contributed by atoms with Crippen LogP contribution in [0, 0.1) is 0 Å². The quantitative estimate of drug-likeness (QED) is 0.0261. The summed E-state index contributed by atoms with van der Waals surface area (Å²) in [5.41, 5.74) is 0. The predicted molar refractivity (Wildman–Crippen MR) is 307 cm³/mol. The lowest BCUT2D eigenvalue weighted by Crippen LogP contribution is -2.30. The van der Waals surface area contributed by atoms with Gasteiger partial charge in [-0.3, -0.25) is 14.4 Å². The Morgan fingerprint density at radius 2 is 0.521 bits per heavy atom.